The first-order chi connectivity index (χ1) is 15.2. The van der Waals surface area contributed by atoms with Crippen molar-refractivity contribution in [3.8, 4) is 0 Å². The van der Waals surface area contributed by atoms with E-state index in [2.05, 4.69) is 22.5 Å². The Hall–Kier alpha value is -2.66. The number of rotatable bonds is 8. The van der Waals surface area contributed by atoms with Gasteiger partial charge in [-0.15, -0.1) is 0 Å². The Bertz CT molecular complexity index is 878. The highest BCUT2D eigenvalue weighted by atomic mass is 32.1. The summed E-state index contributed by atoms with van der Waals surface area (Å²) in [5.74, 6) is 0.0424. The van der Waals surface area contributed by atoms with Gasteiger partial charge < -0.3 is 15.4 Å². The number of aliphatic imine (C=N–C) groups is 1. The maximum absolute atomic E-state index is 12.8. The monoisotopic (exact) mass is 463 g/mol. The molecule has 2 fully saturated rings. The normalized spacial score (nSPS) is 24.0. The highest BCUT2D eigenvalue weighted by Gasteiger charge is 2.37. The minimum absolute atomic E-state index is 0.00651. The van der Waals surface area contributed by atoms with Gasteiger partial charge in [-0.05, 0) is 43.5 Å². The van der Waals surface area contributed by atoms with E-state index in [-0.39, 0.29) is 47.7 Å². The molecule has 0 aromatic heterocycles. The summed E-state index contributed by atoms with van der Waals surface area (Å²) >= 11 is 4.49. The third kappa shape index (κ3) is 6.42. The topological polar surface area (TPSA) is 131 Å². The SMILES string of the molecule is CN1C[C@@H](S)C[C@H]1C(=O)N1CC[C@@H](CN=C(N)CC(=O)OCc2ccc([N+](=O)[O-])cc2)C1. The van der Waals surface area contributed by atoms with Crippen molar-refractivity contribution in [1.82, 2.24) is 9.80 Å². The van der Waals surface area contributed by atoms with Gasteiger partial charge in [0.1, 0.15) is 18.9 Å². The van der Waals surface area contributed by atoms with Gasteiger partial charge in [0.15, 0.2) is 0 Å². The molecular weight excluding hydrogens is 434 g/mol. The van der Waals surface area contributed by atoms with Crippen LogP contribution in [0.3, 0.4) is 0 Å². The number of hydrogen-bond donors (Lipinski definition) is 2. The molecule has 2 heterocycles. The largest absolute Gasteiger partial charge is 0.460 e. The van der Waals surface area contributed by atoms with Crippen LogP contribution < -0.4 is 5.73 Å². The minimum Gasteiger partial charge on any atom is -0.460 e. The average molecular weight is 464 g/mol. The molecular formula is C21H29N5O5S. The highest BCUT2D eigenvalue weighted by Crippen LogP contribution is 2.25. The predicted molar refractivity (Wildman–Crippen MR) is 122 cm³/mol. The standard InChI is InChI=1S/C21H29N5O5S/c1-24-12-17(32)8-18(24)21(28)25-7-6-15(11-25)10-23-19(22)9-20(27)31-13-14-2-4-16(5-3-14)26(29)30/h2-5,15,17-18,32H,6-13H2,1H3,(H2,22,23)/t15-,17-,18-/m0/s1. The van der Waals surface area contributed by atoms with E-state index in [0.717, 1.165) is 19.4 Å². The van der Waals surface area contributed by atoms with E-state index in [9.17, 15) is 19.7 Å². The number of ether oxygens (including phenoxy) is 1. The molecule has 0 unspecified atom stereocenters. The van der Waals surface area contributed by atoms with Crippen molar-refractivity contribution < 1.29 is 19.2 Å². The Morgan fingerprint density at radius 1 is 1.31 bits per heavy atom. The summed E-state index contributed by atoms with van der Waals surface area (Å²) in [6.45, 7) is 2.63. The van der Waals surface area contributed by atoms with E-state index < -0.39 is 10.9 Å². The summed E-state index contributed by atoms with van der Waals surface area (Å²) < 4.78 is 5.16. The van der Waals surface area contributed by atoms with Gasteiger partial charge in [0.2, 0.25) is 5.91 Å². The number of amides is 1. The molecule has 2 aliphatic rings. The number of nitrogens with zero attached hydrogens (tertiary/aromatic N) is 4. The van der Waals surface area contributed by atoms with Crippen LogP contribution in [0.25, 0.3) is 0 Å². The molecule has 11 heteroatoms. The average Bonchev–Trinajstić information content (AvgIpc) is 3.36. The molecule has 1 amide bonds. The van der Waals surface area contributed by atoms with Crippen LogP contribution in [0.15, 0.2) is 29.3 Å². The van der Waals surface area contributed by atoms with Crippen molar-refractivity contribution >= 4 is 36.0 Å². The first kappa shape index (κ1) is 24.0. The fraction of sp³-hybridized carbons (Fsp3) is 0.571. The van der Waals surface area contributed by atoms with Gasteiger partial charge in [-0.3, -0.25) is 29.6 Å². The first-order valence-corrected chi connectivity index (χ1v) is 11.1. The molecule has 32 heavy (non-hydrogen) atoms. The Kier molecular flexibility index (Phi) is 8.08. The number of nitro benzene ring substituents is 1. The Balaban J connectivity index is 1.39. The van der Waals surface area contributed by atoms with Crippen LogP contribution in [0.2, 0.25) is 0 Å². The van der Waals surface area contributed by atoms with Crippen LogP contribution in [0, 0.1) is 16.0 Å². The summed E-state index contributed by atoms with van der Waals surface area (Å²) in [4.78, 5) is 43.2. The quantitative estimate of drug-likeness (QED) is 0.148. The minimum atomic E-state index is -0.515. The van der Waals surface area contributed by atoms with Crippen LogP contribution in [0.4, 0.5) is 5.69 Å². The zero-order valence-corrected chi connectivity index (χ0v) is 18.9. The number of nitrogens with two attached hydrogens (primary N) is 1. The van der Waals surface area contributed by atoms with Crippen molar-refractivity contribution in [3.63, 3.8) is 0 Å². The Labute approximate surface area is 192 Å². The van der Waals surface area contributed by atoms with E-state index in [4.69, 9.17) is 10.5 Å². The van der Waals surface area contributed by atoms with Gasteiger partial charge in [0, 0.05) is 43.6 Å². The third-order valence-electron chi connectivity index (χ3n) is 5.83. The van der Waals surface area contributed by atoms with Crippen molar-refractivity contribution in [3.05, 3.63) is 39.9 Å². The van der Waals surface area contributed by atoms with Gasteiger partial charge in [0.25, 0.3) is 5.69 Å². The predicted octanol–water partition coefficient (Wildman–Crippen LogP) is 1.24. The number of carbonyl (C=O) groups excluding carboxylic acids is 2. The number of amidine groups is 1. The van der Waals surface area contributed by atoms with E-state index >= 15 is 0 Å². The van der Waals surface area contributed by atoms with Gasteiger partial charge in [-0.1, -0.05) is 0 Å². The second-order valence-corrected chi connectivity index (χ2v) is 9.11. The van der Waals surface area contributed by atoms with E-state index in [1.54, 1.807) is 0 Å². The number of benzene rings is 1. The molecule has 0 spiro atoms. The molecule has 1 aromatic carbocycles. The van der Waals surface area contributed by atoms with E-state index in [1.165, 1.54) is 24.3 Å². The molecule has 3 atom stereocenters. The van der Waals surface area contributed by atoms with Crippen LogP contribution in [-0.4, -0.2) is 77.0 Å². The molecule has 2 aliphatic heterocycles. The molecule has 1 aromatic rings. The zero-order chi connectivity index (χ0) is 23.3. The zero-order valence-electron chi connectivity index (χ0n) is 18.1. The molecule has 0 aliphatic carbocycles. The van der Waals surface area contributed by atoms with Crippen LogP contribution in [-0.2, 0) is 20.9 Å². The summed E-state index contributed by atoms with van der Waals surface area (Å²) in [7, 11) is 1.96. The first-order valence-electron chi connectivity index (χ1n) is 10.6. The number of thiol groups is 1. The Morgan fingerprint density at radius 2 is 2.03 bits per heavy atom. The van der Waals surface area contributed by atoms with Crippen LogP contribution >= 0.6 is 12.6 Å². The molecule has 0 radical (unpaired) electrons. The summed E-state index contributed by atoms with van der Waals surface area (Å²) in [6, 6.07) is 5.69. The fourth-order valence-corrected chi connectivity index (χ4v) is 4.49. The van der Waals surface area contributed by atoms with Crippen LogP contribution in [0.1, 0.15) is 24.8 Å². The van der Waals surface area contributed by atoms with Crippen molar-refractivity contribution in [1.29, 1.82) is 0 Å². The summed E-state index contributed by atoms with van der Waals surface area (Å²) in [5.41, 5.74) is 6.50. The molecule has 2 saturated heterocycles. The number of nitro groups is 1. The summed E-state index contributed by atoms with van der Waals surface area (Å²) in [6.07, 6.45) is 1.50. The number of carbonyl (C=O) groups is 2. The highest BCUT2D eigenvalue weighted by molar-refractivity contribution is 7.81. The number of hydrogen-bond acceptors (Lipinski definition) is 8. The number of likely N-dealkylation sites (N-methyl/N-ethyl adjacent to an activating group) is 1. The molecule has 0 bridgehead atoms. The molecule has 10 nitrogen and oxygen atoms in total. The van der Waals surface area contributed by atoms with Crippen molar-refractivity contribution in [2.24, 2.45) is 16.6 Å². The molecule has 174 valence electrons. The third-order valence-corrected chi connectivity index (χ3v) is 6.21. The molecule has 2 N–H and O–H groups in total. The lowest BCUT2D eigenvalue weighted by Crippen LogP contribution is -2.43. The van der Waals surface area contributed by atoms with Crippen LogP contribution in [0.5, 0.6) is 0 Å². The summed E-state index contributed by atoms with van der Waals surface area (Å²) in [5, 5.41) is 10.9. The lowest BCUT2D eigenvalue weighted by Gasteiger charge is -2.24. The number of non-ortho nitro benzene ring substituents is 1. The second-order valence-electron chi connectivity index (χ2n) is 8.38. The van der Waals surface area contributed by atoms with E-state index in [0.29, 0.717) is 25.2 Å². The maximum Gasteiger partial charge on any atom is 0.313 e. The van der Waals surface area contributed by atoms with Gasteiger partial charge in [-0.2, -0.15) is 12.6 Å². The van der Waals surface area contributed by atoms with Crippen molar-refractivity contribution in [2.45, 2.75) is 37.2 Å². The van der Waals surface area contributed by atoms with Gasteiger partial charge >= 0.3 is 5.97 Å². The van der Waals surface area contributed by atoms with Gasteiger partial charge in [0.05, 0.1) is 11.0 Å². The maximum atomic E-state index is 12.8. The smallest absolute Gasteiger partial charge is 0.313 e. The number of esters is 1. The Morgan fingerprint density at radius 3 is 2.66 bits per heavy atom. The fourth-order valence-electron chi connectivity index (χ4n) is 4.03. The molecule has 0 saturated carbocycles. The molecule has 3 rings (SSSR count). The van der Waals surface area contributed by atoms with E-state index in [1.807, 2.05) is 11.9 Å². The second kappa shape index (κ2) is 10.8. The van der Waals surface area contributed by atoms with Crippen molar-refractivity contribution in [2.75, 3.05) is 33.2 Å². The number of likely N-dealkylation sites (tertiary alicyclic amines) is 2. The lowest BCUT2D eigenvalue weighted by atomic mass is 10.1. The van der Waals surface area contributed by atoms with Gasteiger partial charge in [-0.25, -0.2) is 0 Å². The lowest BCUT2D eigenvalue weighted by molar-refractivity contribution is -0.384.